The summed E-state index contributed by atoms with van der Waals surface area (Å²) >= 11 is 0. The second-order valence-electron chi connectivity index (χ2n) is 6.22. The van der Waals surface area contributed by atoms with Crippen molar-refractivity contribution in [3.63, 3.8) is 0 Å². The molecule has 0 fully saturated rings. The van der Waals surface area contributed by atoms with E-state index in [1.165, 1.54) is 23.3 Å². The summed E-state index contributed by atoms with van der Waals surface area (Å²) in [6.07, 6.45) is 3.70. The molecule has 2 aromatic carbocycles. The largest absolute Gasteiger partial charge is 0.326 e. The van der Waals surface area contributed by atoms with E-state index in [1.807, 2.05) is 0 Å². The number of benzene rings is 2. The molecule has 23 heavy (non-hydrogen) atoms. The third-order valence-electron chi connectivity index (χ3n) is 4.81. The number of rotatable bonds is 2. The quantitative estimate of drug-likeness (QED) is 0.681. The maximum absolute atomic E-state index is 12.1. The van der Waals surface area contributed by atoms with Crippen LogP contribution in [0.4, 0.5) is 11.4 Å². The van der Waals surface area contributed by atoms with Crippen molar-refractivity contribution in [3.05, 3.63) is 68.8 Å². The number of anilines is 1. The van der Waals surface area contributed by atoms with Crippen LogP contribution in [0.25, 0.3) is 0 Å². The summed E-state index contributed by atoms with van der Waals surface area (Å²) in [4.78, 5) is 22.5. The number of hydrogen-bond donors (Lipinski definition) is 1. The molecule has 2 aromatic rings. The number of aryl methyl sites for hydroxylation is 2. The van der Waals surface area contributed by atoms with Gasteiger partial charge in [0, 0.05) is 30.2 Å². The van der Waals surface area contributed by atoms with Crippen LogP contribution in [0.15, 0.2) is 36.4 Å². The van der Waals surface area contributed by atoms with Gasteiger partial charge in [-0.25, -0.2) is 0 Å². The number of fused-ring (bicyclic) bond motifs is 2. The lowest BCUT2D eigenvalue weighted by Crippen LogP contribution is -2.23. The lowest BCUT2D eigenvalue weighted by atomic mass is 9.83. The first kappa shape index (κ1) is 13.9. The molecule has 1 N–H and O–H groups in total. The van der Waals surface area contributed by atoms with Crippen molar-refractivity contribution in [1.82, 2.24) is 0 Å². The Morgan fingerprint density at radius 2 is 1.78 bits per heavy atom. The molecule has 116 valence electrons. The Balaban J connectivity index is 1.78. The van der Waals surface area contributed by atoms with E-state index < -0.39 is 4.92 Å². The summed E-state index contributed by atoms with van der Waals surface area (Å²) < 4.78 is 0. The molecule has 0 saturated heterocycles. The van der Waals surface area contributed by atoms with Crippen molar-refractivity contribution in [3.8, 4) is 0 Å². The summed E-state index contributed by atoms with van der Waals surface area (Å²) in [7, 11) is 0. The fourth-order valence-corrected chi connectivity index (χ4v) is 3.66. The van der Waals surface area contributed by atoms with Gasteiger partial charge in [0.25, 0.3) is 5.69 Å². The molecule has 0 radical (unpaired) electrons. The van der Waals surface area contributed by atoms with Crippen LogP contribution < -0.4 is 5.32 Å². The van der Waals surface area contributed by atoms with Crippen molar-refractivity contribution >= 4 is 17.3 Å². The van der Waals surface area contributed by atoms with Crippen molar-refractivity contribution in [1.29, 1.82) is 0 Å². The van der Waals surface area contributed by atoms with E-state index in [0.717, 1.165) is 36.1 Å². The Morgan fingerprint density at radius 3 is 2.48 bits per heavy atom. The average Bonchev–Trinajstić information content (AvgIpc) is 2.99. The fourth-order valence-electron chi connectivity index (χ4n) is 3.66. The van der Waals surface area contributed by atoms with E-state index in [2.05, 4.69) is 17.4 Å². The molecule has 1 amide bonds. The maximum atomic E-state index is 12.1. The molecule has 0 saturated carbocycles. The number of nitrogens with one attached hydrogen (secondary N) is 1. The lowest BCUT2D eigenvalue weighted by molar-refractivity contribution is -0.384. The molecule has 1 heterocycles. The Morgan fingerprint density at radius 1 is 1.09 bits per heavy atom. The third-order valence-corrected chi connectivity index (χ3v) is 4.81. The fraction of sp³-hybridized carbons (Fsp3) is 0.278. The van der Waals surface area contributed by atoms with Crippen LogP contribution in [0.1, 0.15) is 41.0 Å². The van der Waals surface area contributed by atoms with Crippen molar-refractivity contribution in [2.75, 3.05) is 5.32 Å². The molecule has 1 aliphatic heterocycles. The zero-order valence-corrected chi connectivity index (χ0v) is 12.5. The number of carbonyl (C=O) groups is 1. The van der Waals surface area contributed by atoms with Crippen molar-refractivity contribution in [2.24, 2.45) is 0 Å². The van der Waals surface area contributed by atoms with Gasteiger partial charge in [0.1, 0.15) is 0 Å². The van der Waals surface area contributed by atoms with Crippen molar-refractivity contribution < 1.29 is 9.72 Å². The topological polar surface area (TPSA) is 72.2 Å². The minimum atomic E-state index is -0.405. The number of nitro benzene ring substituents is 1. The van der Waals surface area contributed by atoms with E-state index >= 15 is 0 Å². The molecule has 0 aromatic heterocycles. The monoisotopic (exact) mass is 308 g/mol. The predicted molar refractivity (Wildman–Crippen MR) is 86.7 cm³/mol. The van der Waals surface area contributed by atoms with Crippen molar-refractivity contribution in [2.45, 2.75) is 31.6 Å². The Kier molecular flexibility index (Phi) is 3.15. The minimum absolute atomic E-state index is 0.00111. The number of amides is 1. The van der Waals surface area contributed by atoms with Gasteiger partial charge in [0.15, 0.2) is 0 Å². The summed E-state index contributed by atoms with van der Waals surface area (Å²) in [5, 5.41) is 13.8. The Labute approximate surface area is 133 Å². The van der Waals surface area contributed by atoms with Crippen LogP contribution >= 0.6 is 0 Å². The van der Waals surface area contributed by atoms with Gasteiger partial charge in [-0.05, 0) is 47.6 Å². The second kappa shape index (κ2) is 5.19. The van der Waals surface area contributed by atoms with E-state index in [0.29, 0.717) is 6.42 Å². The highest BCUT2D eigenvalue weighted by atomic mass is 16.6. The summed E-state index contributed by atoms with van der Waals surface area (Å²) in [6.45, 7) is 0. The molecular weight excluding hydrogens is 292 g/mol. The molecule has 5 nitrogen and oxygen atoms in total. The first-order valence-electron chi connectivity index (χ1n) is 7.82. The van der Waals surface area contributed by atoms with Crippen LogP contribution in [0, 0.1) is 10.1 Å². The highest BCUT2D eigenvalue weighted by molar-refractivity contribution is 5.95. The molecule has 2 aliphatic rings. The normalized spacial score (nSPS) is 19.0. The number of hydrogen-bond acceptors (Lipinski definition) is 3. The highest BCUT2D eigenvalue weighted by Crippen LogP contribution is 2.40. The molecule has 4 rings (SSSR count). The zero-order valence-electron chi connectivity index (χ0n) is 12.5. The SMILES string of the molecule is O=C1C[C@H](c2ccc([N+](=O)[O-])cc2)c2cc3c(cc2N1)CCC3. The summed E-state index contributed by atoms with van der Waals surface area (Å²) in [6, 6.07) is 10.9. The predicted octanol–water partition coefficient (Wildman–Crippen LogP) is 3.56. The van der Waals surface area contributed by atoms with Gasteiger partial charge in [-0.1, -0.05) is 18.2 Å². The zero-order chi connectivity index (χ0) is 16.0. The van der Waals surface area contributed by atoms with E-state index in [9.17, 15) is 14.9 Å². The van der Waals surface area contributed by atoms with Crippen LogP contribution in [-0.4, -0.2) is 10.8 Å². The van der Waals surface area contributed by atoms with E-state index in [-0.39, 0.29) is 17.5 Å². The van der Waals surface area contributed by atoms with Crippen LogP contribution in [0.5, 0.6) is 0 Å². The van der Waals surface area contributed by atoms with Gasteiger partial charge < -0.3 is 5.32 Å². The minimum Gasteiger partial charge on any atom is -0.326 e. The van der Waals surface area contributed by atoms with Gasteiger partial charge >= 0.3 is 0 Å². The van der Waals surface area contributed by atoms with Crippen LogP contribution in [0.2, 0.25) is 0 Å². The van der Waals surface area contributed by atoms with Gasteiger partial charge in [-0.15, -0.1) is 0 Å². The van der Waals surface area contributed by atoms with E-state index in [4.69, 9.17) is 0 Å². The van der Waals surface area contributed by atoms with Gasteiger partial charge in [0.05, 0.1) is 4.92 Å². The number of nitro groups is 1. The number of non-ortho nitro benzene ring substituents is 1. The van der Waals surface area contributed by atoms with Gasteiger partial charge in [0.2, 0.25) is 5.91 Å². The Hall–Kier alpha value is -2.69. The van der Waals surface area contributed by atoms with Crippen LogP contribution in [-0.2, 0) is 17.6 Å². The lowest BCUT2D eigenvalue weighted by Gasteiger charge is -2.27. The molecule has 1 aliphatic carbocycles. The Bertz CT molecular complexity index is 812. The summed E-state index contributed by atoms with van der Waals surface area (Å²) in [5.74, 6) is -0.0377. The first-order valence-corrected chi connectivity index (χ1v) is 7.82. The third kappa shape index (κ3) is 2.38. The first-order chi connectivity index (χ1) is 11.1. The molecule has 0 spiro atoms. The summed E-state index contributed by atoms with van der Waals surface area (Å²) in [5.41, 5.74) is 5.73. The smallest absolute Gasteiger partial charge is 0.269 e. The number of nitrogens with zero attached hydrogens (tertiary/aromatic N) is 1. The molecule has 0 unspecified atom stereocenters. The second-order valence-corrected chi connectivity index (χ2v) is 6.22. The highest BCUT2D eigenvalue weighted by Gasteiger charge is 2.28. The van der Waals surface area contributed by atoms with Gasteiger partial charge in [-0.2, -0.15) is 0 Å². The van der Waals surface area contributed by atoms with Crippen LogP contribution in [0.3, 0.4) is 0 Å². The average molecular weight is 308 g/mol. The molecule has 0 bridgehead atoms. The maximum Gasteiger partial charge on any atom is 0.269 e. The molecule has 5 heteroatoms. The van der Waals surface area contributed by atoms with E-state index in [1.54, 1.807) is 12.1 Å². The number of carbonyl (C=O) groups excluding carboxylic acids is 1. The molecule has 1 atom stereocenters. The van der Waals surface area contributed by atoms with Gasteiger partial charge in [-0.3, -0.25) is 14.9 Å². The molecular formula is C18H16N2O3. The standard InChI is InChI=1S/C18H16N2O3/c21-18-10-15(11-4-6-14(7-5-11)20(22)23)16-8-12-2-1-3-13(12)9-17(16)19-18/h4-9,15H,1-3,10H2,(H,19,21)/t15-/m1/s1.